The molecule has 6 heteroatoms. The number of ether oxygens (including phenoxy) is 2. The van der Waals surface area contributed by atoms with Gasteiger partial charge in [-0.25, -0.2) is 0 Å². The van der Waals surface area contributed by atoms with E-state index in [0.717, 1.165) is 57.9 Å². The van der Waals surface area contributed by atoms with Crippen molar-refractivity contribution in [3.63, 3.8) is 0 Å². The molecule has 4 rings (SSSR count). The minimum Gasteiger partial charge on any atom is -0.497 e. The van der Waals surface area contributed by atoms with Crippen molar-refractivity contribution in [2.24, 2.45) is 5.92 Å². The summed E-state index contributed by atoms with van der Waals surface area (Å²) in [5.74, 6) is 1.22. The van der Waals surface area contributed by atoms with Crippen molar-refractivity contribution in [3.05, 3.63) is 65.2 Å². The van der Waals surface area contributed by atoms with Gasteiger partial charge in [-0.05, 0) is 55.1 Å². The number of nitrogens with one attached hydrogen (secondary N) is 2. The fourth-order valence-corrected chi connectivity index (χ4v) is 4.90. The summed E-state index contributed by atoms with van der Waals surface area (Å²) in [4.78, 5) is 15.3. The Morgan fingerprint density at radius 3 is 2.42 bits per heavy atom. The van der Waals surface area contributed by atoms with Gasteiger partial charge >= 0.3 is 0 Å². The smallest absolute Gasteiger partial charge is 0.225 e. The monoisotopic (exact) mass is 451 g/mol. The molecule has 2 fully saturated rings. The molecule has 0 spiro atoms. The molecule has 6 nitrogen and oxygen atoms in total. The van der Waals surface area contributed by atoms with Crippen molar-refractivity contribution in [1.29, 1.82) is 0 Å². The second-order valence-electron chi connectivity index (χ2n) is 9.33. The van der Waals surface area contributed by atoms with Crippen LogP contribution < -0.4 is 15.4 Å². The molecule has 0 bridgehead atoms. The summed E-state index contributed by atoms with van der Waals surface area (Å²) in [6.45, 7) is 4.95. The topological polar surface area (TPSA) is 62.8 Å². The first kappa shape index (κ1) is 23.7. The molecule has 2 aromatic carbocycles. The summed E-state index contributed by atoms with van der Waals surface area (Å²) >= 11 is 0. The molecule has 178 valence electrons. The zero-order chi connectivity index (χ0) is 23.0. The molecule has 0 aromatic heterocycles. The van der Waals surface area contributed by atoms with E-state index in [9.17, 15) is 4.79 Å². The predicted molar refractivity (Wildman–Crippen MR) is 131 cm³/mol. The molecule has 2 saturated heterocycles. The highest BCUT2D eigenvalue weighted by Crippen LogP contribution is 2.32. The third-order valence-electron chi connectivity index (χ3n) is 6.94. The maximum absolute atomic E-state index is 13.0. The minimum atomic E-state index is -0.0166. The molecular formula is C27H37N3O3. The lowest BCUT2D eigenvalue weighted by atomic mass is 9.88. The van der Waals surface area contributed by atoms with E-state index in [1.165, 1.54) is 16.7 Å². The van der Waals surface area contributed by atoms with E-state index in [-0.39, 0.29) is 17.7 Å². The SMILES string of the molecule is COc1ccc(CCNC(=O)[C@@H]2CN(C)C[C@H]2c2ccc(CNC3CCOCC3)cc2)cc1. The number of amides is 1. The van der Waals surface area contributed by atoms with Gasteiger partial charge in [0.2, 0.25) is 5.91 Å². The third kappa shape index (κ3) is 6.56. The predicted octanol–water partition coefficient (Wildman–Crippen LogP) is 2.97. The summed E-state index contributed by atoms with van der Waals surface area (Å²) < 4.78 is 10.6. The van der Waals surface area contributed by atoms with Crippen LogP contribution in [0.2, 0.25) is 0 Å². The highest BCUT2D eigenvalue weighted by Gasteiger charge is 2.36. The van der Waals surface area contributed by atoms with Crippen molar-refractivity contribution >= 4 is 5.91 Å². The van der Waals surface area contributed by atoms with Crippen molar-refractivity contribution in [1.82, 2.24) is 15.5 Å². The first-order valence-corrected chi connectivity index (χ1v) is 12.1. The van der Waals surface area contributed by atoms with Crippen LogP contribution >= 0.6 is 0 Å². The van der Waals surface area contributed by atoms with E-state index in [1.54, 1.807) is 7.11 Å². The van der Waals surface area contributed by atoms with Crippen LogP contribution in [0.25, 0.3) is 0 Å². The number of methoxy groups -OCH3 is 1. The molecule has 2 N–H and O–H groups in total. The van der Waals surface area contributed by atoms with Crippen LogP contribution in [-0.4, -0.2) is 63.9 Å². The fraction of sp³-hybridized carbons (Fsp3) is 0.519. The molecule has 2 aromatic rings. The molecular weight excluding hydrogens is 414 g/mol. The van der Waals surface area contributed by atoms with Crippen LogP contribution in [0.5, 0.6) is 5.75 Å². The van der Waals surface area contributed by atoms with E-state index < -0.39 is 0 Å². The number of carbonyl (C=O) groups is 1. The van der Waals surface area contributed by atoms with Gasteiger partial charge in [-0.2, -0.15) is 0 Å². The molecule has 0 unspecified atom stereocenters. The summed E-state index contributed by atoms with van der Waals surface area (Å²) in [6.07, 6.45) is 2.99. The quantitative estimate of drug-likeness (QED) is 0.614. The van der Waals surface area contributed by atoms with Gasteiger partial charge in [0.05, 0.1) is 13.0 Å². The fourth-order valence-electron chi connectivity index (χ4n) is 4.90. The average molecular weight is 452 g/mol. The number of likely N-dealkylation sites (tertiary alicyclic amines) is 1. The summed E-state index contributed by atoms with van der Waals surface area (Å²) in [5, 5.41) is 6.82. The first-order chi connectivity index (χ1) is 16.1. The molecule has 2 aliphatic heterocycles. The van der Waals surface area contributed by atoms with E-state index in [4.69, 9.17) is 9.47 Å². The van der Waals surface area contributed by atoms with Gasteiger partial charge in [0, 0.05) is 51.4 Å². The van der Waals surface area contributed by atoms with Crippen LogP contribution in [0.15, 0.2) is 48.5 Å². The van der Waals surface area contributed by atoms with E-state index in [1.807, 2.05) is 12.1 Å². The largest absolute Gasteiger partial charge is 0.497 e. The lowest BCUT2D eigenvalue weighted by Crippen LogP contribution is -2.35. The number of hydrogen-bond acceptors (Lipinski definition) is 5. The maximum atomic E-state index is 13.0. The Bertz CT molecular complexity index is 878. The molecule has 0 saturated carbocycles. The Hall–Kier alpha value is -2.41. The van der Waals surface area contributed by atoms with Crippen molar-refractivity contribution in [3.8, 4) is 5.75 Å². The van der Waals surface area contributed by atoms with Crippen LogP contribution in [0.1, 0.15) is 35.4 Å². The van der Waals surface area contributed by atoms with E-state index in [2.05, 4.69) is 59.0 Å². The Morgan fingerprint density at radius 2 is 1.73 bits per heavy atom. The number of hydrogen-bond donors (Lipinski definition) is 2. The maximum Gasteiger partial charge on any atom is 0.225 e. The van der Waals surface area contributed by atoms with Gasteiger partial charge in [0.25, 0.3) is 0 Å². The van der Waals surface area contributed by atoms with Gasteiger partial charge < -0.3 is 25.0 Å². The molecule has 1 amide bonds. The van der Waals surface area contributed by atoms with Gasteiger partial charge in [0.1, 0.15) is 5.75 Å². The third-order valence-corrected chi connectivity index (χ3v) is 6.94. The molecule has 2 atom stereocenters. The zero-order valence-electron chi connectivity index (χ0n) is 19.9. The number of carbonyl (C=O) groups excluding carboxylic acids is 1. The molecule has 33 heavy (non-hydrogen) atoms. The van der Waals surface area contributed by atoms with Gasteiger partial charge in [-0.3, -0.25) is 4.79 Å². The zero-order valence-corrected chi connectivity index (χ0v) is 19.9. The Balaban J connectivity index is 1.29. The van der Waals surface area contributed by atoms with Gasteiger partial charge in [-0.1, -0.05) is 36.4 Å². The van der Waals surface area contributed by atoms with Gasteiger partial charge in [-0.15, -0.1) is 0 Å². The molecule has 0 radical (unpaired) electrons. The number of benzene rings is 2. The standard InChI is InChI=1S/C27H37N3O3/c1-30-18-25(22-7-3-21(4-8-22)17-29-23-12-15-33-16-13-23)26(19-30)27(31)28-14-11-20-5-9-24(32-2)10-6-20/h3-10,23,25-26,29H,11-19H2,1-2H3,(H,28,31)/t25-,26+/m0/s1. The minimum absolute atomic E-state index is 0.0166. The van der Waals surface area contributed by atoms with E-state index in [0.29, 0.717) is 12.6 Å². The van der Waals surface area contributed by atoms with E-state index >= 15 is 0 Å². The summed E-state index contributed by atoms with van der Waals surface area (Å²) in [6, 6.07) is 17.4. The van der Waals surface area contributed by atoms with Crippen LogP contribution in [0.4, 0.5) is 0 Å². The highest BCUT2D eigenvalue weighted by atomic mass is 16.5. The number of likely N-dealkylation sites (N-methyl/N-ethyl adjacent to an activating group) is 1. The lowest BCUT2D eigenvalue weighted by Gasteiger charge is -2.23. The van der Waals surface area contributed by atoms with Crippen molar-refractivity contribution in [2.45, 2.75) is 37.8 Å². The lowest BCUT2D eigenvalue weighted by molar-refractivity contribution is -0.124. The highest BCUT2D eigenvalue weighted by molar-refractivity contribution is 5.80. The van der Waals surface area contributed by atoms with Crippen molar-refractivity contribution in [2.75, 3.05) is 47.0 Å². The second kappa shape index (κ2) is 11.6. The Kier molecular flexibility index (Phi) is 8.37. The van der Waals surface area contributed by atoms with Gasteiger partial charge in [0.15, 0.2) is 0 Å². The molecule has 2 heterocycles. The summed E-state index contributed by atoms with van der Waals surface area (Å²) in [7, 11) is 3.77. The molecule has 0 aliphatic carbocycles. The Labute approximate surface area is 197 Å². The second-order valence-corrected chi connectivity index (χ2v) is 9.33. The summed E-state index contributed by atoms with van der Waals surface area (Å²) in [5.41, 5.74) is 3.74. The van der Waals surface area contributed by atoms with Crippen LogP contribution in [0.3, 0.4) is 0 Å². The number of nitrogens with zero attached hydrogens (tertiary/aromatic N) is 1. The average Bonchev–Trinajstić information content (AvgIpc) is 3.26. The number of rotatable bonds is 9. The van der Waals surface area contributed by atoms with Crippen LogP contribution in [-0.2, 0) is 22.5 Å². The van der Waals surface area contributed by atoms with Crippen LogP contribution in [0, 0.1) is 5.92 Å². The van der Waals surface area contributed by atoms with Crippen molar-refractivity contribution < 1.29 is 14.3 Å². The Morgan fingerprint density at radius 1 is 1.03 bits per heavy atom. The molecule has 2 aliphatic rings. The first-order valence-electron chi connectivity index (χ1n) is 12.1. The normalized spacial score (nSPS) is 21.8.